The van der Waals surface area contributed by atoms with Crippen LogP contribution in [0.25, 0.3) is 0 Å². The van der Waals surface area contributed by atoms with E-state index in [4.69, 9.17) is 10.7 Å². The van der Waals surface area contributed by atoms with Gasteiger partial charge in [0.2, 0.25) is 15.9 Å². The number of nitrogens with one attached hydrogen (secondary N) is 2. The average Bonchev–Trinajstić information content (AvgIpc) is 3.76. The number of benzene rings is 1. The first-order chi connectivity index (χ1) is 18.5. The quantitative estimate of drug-likeness (QED) is 0.288. The summed E-state index contributed by atoms with van der Waals surface area (Å²) in [5, 5.41) is 17.5. The summed E-state index contributed by atoms with van der Waals surface area (Å²) in [5.74, 6) is 1.23. The van der Waals surface area contributed by atoms with Crippen molar-refractivity contribution in [2.24, 2.45) is 5.73 Å². The van der Waals surface area contributed by atoms with Crippen molar-refractivity contribution in [3.63, 3.8) is 0 Å². The predicted molar refractivity (Wildman–Crippen MR) is 155 cm³/mol. The number of hydrogen-bond donors (Lipinski definition) is 3. The van der Waals surface area contributed by atoms with E-state index in [-0.39, 0.29) is 18.0 Å². The molecule has 1 aromatic heterocycles. The molecule has 0 spiro atoms. The number of carbonyl (C=O) groups is 1. The van der Waals surface area contributed by atoms with Crippen LogP contribution in [0.5, 0.6) is 0 Å². The molecule has 0 saturated carbocycles. The van der Waals surface area contributed by atoms with E-state index in [2.05, 4.69) is 28.5 Å². The molecular weight excluding hydrogens is 534 g/mol. The number of carbonyl (C=O) groups excluding carboxylic acids is 1. The monoisotopic (exact) mass is 571 g/mol. The summed E-state index contributed by atoms with van der Waals surface area (Å²) < 4.78 is 25.0. The molecule has 2 saturated heterocycles. The van der Waals surface area contributed by atoms with Gasteiger partial charge in [-0.15, -0.1) is 11.8 Å². The minimum atomic E-state index is -3.32. The highest BCUT2D eigenvalue weighted by Crippen LogP contribution is 2.40. The van der Waals surface area contributed by atoms with Gasteiger partial charge in [0.15, 0.2) is 0 Å². The molecule has 10 nitrogen and oxygen atoms in total. The molecule has 3 heterocycles. The zero-order valence-electron chi connectivity index (χ0n) is 22.9. The summed E-state index contributed by atoms with van der Waals surface area (Å²) in [4.78, 5) is 19.3. The van der Waals surface area contributed by atoms with Crippen LogP contribution < -0.4 is 25.6 Å². The van der Waals surface area contributed by atoms with Gasteiger partial charge in [-0.05, 0) is 49.4 Å². The van der Waals surface area contributed by atoms with Gasteiger partial charge in [0.25, 0.3) is 0 Å². The molecule has 1 aromatic carbocycles. The molecule has 1 unspecified atom stereocenters. The van der Waals surface area contributed by atoms with Crippen LogP contribution in [-0.4, -0.2) is 64.3 Å². The van der Waals surface area contributed by atoms with Crippen molar-refractivity contribution in [1.82, 2.24) is 15.6 Å². The van der Waals surface area contributed by atoms with E-state index in [0.29, 0.717) is 35.9 Å². The largest absolute Gasteiger partial charge is 0.355 e. The van der Waals surface area contributed by atoms with Gasteiger partial charge in [0.05, 0.1) is 23.5 Å². The number of nitriles is 1. The normalized spacial score (nSPS) is 18.4. The zero-order valence-corrected chi connectivity index (χ0v) is 24.5. The SMILES string of the molecule is CCc1c(C#N)c(N2CCC(NC(=O)[C@H](C)N)CC2)nc(SCc2ccc(N(C)S(C)(=O)=O)cc2)c1C1CN1. The standard InChI is InChI=1S/C27H37N7O3S2/c1-5-21-22(14-28)25(34-12-10-19(11-13-34)31-26(35)17(2)29)32-27(24(21)23-15-30-23)38-16-18-6-8-20(9-7-18)33(3)39(4,36)37/h6-9,17,19,23,30H,5,10-13,15-16,29H2,1-4H3,(H,31,35)/t17-,23?/m0/s1. The second-order valence-corrected chi connectivity index (χ2v) is 13.2. The maximum atomic E-state index is 12.0. The van der Waals surface area contributed by atoms with Crippen molar-refractivity contribution in [1.29, 1.82) is 5.26 Å². The Morgan fingerprint density at radius 3 is 2.49 bits per heavy atom. The maximum Gasteiger partial charge on any atom is 0.236 e. The van der Waals surface area contributed by atoms with Crippen LogP contribution in [0, 0.1) is 11.3 Å². The van der Waals surface area contributed by atoms with Crippen molar-refractivity contribution >= 4 is 39.2 Å². The van der Waals surface area contributed by atoms with Crippen molar-refractivity contribution in [2.45, 2.75) is 62.0 Å². The highest BCUT2D eigenvalue weighted by molar-refractivity contribution is 7.98. The van der Waals surface area contributed by atoms with E-state index >= 15 is 0 Å². The van der Waals surface area contributed by atoms with E-state index in [1.807, 2.05) is 24.3 Å². The lowest BCUT2D eigenvalue weighted by molar-refractivity contribution is -0.122. The molecule has 0 radical (unpaired) electrons. The van der Waals surface area contributed by atoms with Gasteiger partial charge in [-0.25, -0.2) is 13.4 Å². The number of pyridine rings is 1. The zero-order chi connectivity index (χ0) is 28.3. The first kappa shape index (κ1) is 29.1. The van der Waals surface area contributed by atoms with E-state index < -0.39 is 16.1 Å². The number of nitrogens with zero attached hydrogens (tertiary/aromatic N) is 4. The minimum Gasteiger partial charge on any atom is -0.355 e. The second-order valence-electron chi connectivity index (χ2n) is 10.2. The first-order valence-electron chi connectivity index (χ1n) is 13.2. The van der Waals surface area contributed by atoms with Gasteiger partial charge < -0.3 is 21.3 Å². The van der Waals surface area contributed by atoms with Gasteiger partial charge in [-0.1, -0.05) is 19.1 Å². The molecule has 0 bridgehead atoms. The van der Waals surface area contributed by atoms with Crippen molar-refractivity contribution in [3.05, 3.63) is 46.5 Å². The van der Waals surface area contributed by atoms with Gasteiger partial charge in [-0.2, -0.15) is 5.26 Å². The fourth-order valence-electron chi connectivity index (χ4n) is 4.77. The third kappa shape index (κ3) is 6.84. The molecule has 2 aliphatic heterocycles. The van der Waals surface area contributed by atoms with Crippen LogP contribution >= 0.6 is 11.8 Å². The Morgan fingerprint density at radius 1 is 1.33 bits per heavy atom. The number of sulfonamides is 1. The van der Waals surface area contributed by atoms with E-state index in [0.717, 1.165) is 47.5 Å². The van der Waals surface area contributed by atoms with E-state index in [1.165, 1.54) is 17.6 Å². The lowest BCUT2D eigenvalue weighted by atomic mass is 9.97. The number of piperidine rings is 1. The highest BCUT2D eigenvalue weighted by Gasteiger charge is 2.33. The maximum absolute atomic E-state index is 12.0. The van der Waals surface area contributed by atoms with Crippen LogP contribution in [0.3, 0.4) is 0 Å². The molecule has 2 aromatic rings. The molecule has 12 heteroatoms. The van der Waals surface area contributed by atoms with Gasteiger partial charge in [0.1, 0.15) is 16.9 Å². The van der Waals surface area contributed by atoms with Crippen molar-refractivity contribution in [2.75, 3.05) is 42.1 Å². The van der Waals surface area contributed by atoms with Crippen molar-refractivity contribution in [3.8, 4) is 6.07 Å². The van der Waals surface area contributed by atoms with Gasteiger partial charge in [-0.3, -0.25) is 9.10 Å². The average molecular weight is 572 g/mol. The molecule has 2 fully saturated rings. The number of amides is 1. The van der Waals surface area contributed by atoms with Crippen LogP contribution in [0.15, 0.2) is 29.3 Å². The number of anilines is 2. The van der Waals surface area contributed by atoms with E-state index in [9.17, 15) is 18.5 Å². The Morgan fingerprint density at radius 2 is 1.97 bits per heavy atom. The molecular formula is C27H37N7O3S2. The number of hydrogen-bond acceptors (Lipinski definition) is 9. The molecule has 2 atom stereocenters. The molecule has 2 aliphatic rings. The highest BCUT2D eigenvalue weighted by atomic mass is 32.2. The number of thioether (sulfide) groups is 1. The van der Waals surface area contributed by atoms with E-state index in [1.54, 1.807) is 18.7 Å². The summed E-state index contributed by atoms with van der Waals surface area (Å²) in [6, 6.07) is 9.65. The first-order valence-corrected chi connectivity index (χ1v) is 16.0. The van der Waals surface area contributed by atoms with Crippen LogP contribution in [0.1, 0.15) is 55.0 Å². The lowest BCUT2D eigenvalue weighted by Crippen LogP contribution is -2.49. The number of rotatable bonds is 10. The summed E-state index contributed by atoms with van der Waals surface area (Å²) >= 11 is 1.64. The van der Waals surface area contributed by atoms with Crippen LogP contribution in [0.4, 0.5) is 11.5 Å². The smallest absolute Gasteiger partial charge is 0.236 e. The second kappa shape index (κ2) is 12.1. The summed E-state index contributed by atoms with van der Waals surface area (Å²) in [5.41, 5.74) is 10.2. The molecule has 4 N–H and O–H groups in total. The Kier molecular flexibility index (Phi) is 9.06. The van der Waals surface area contributed by atoms with Crippen LogP contribution in [-0.2, 0) is 27.0 Å². The van der Waals surface area contributed by atoms with Gasteiger partial charge in [0, 0.05) is 50.1 Å². The summed E-state index contributed by atoms with van der Waals surface area (Å²) in [6.45, 7) is 6.00. The fraction of sp³-hybridized carbons (Fsp3) is 0.519. The topological polar surface area (TPSA) is 154 Å². The Labute approximate surface area is 235 Å². The number of aromatic nitrogens is 1. The molecule has 4 rings (SSSR count). The summed E-state index contributed by atoms with van der Waals surface area (Å²) in [6.07, 6.45) is 3.43. The third-order valence-electron chi connectivity index (χ3n) is 7.24. The Bertz CT molecular complexity index is 1340. The molecule has 39 heavy (non-hydrogen) atoms. The van der Waals surface area contributed by atoms with Crippen molar-refractivity contribution < 1.29 is 13.2 Å². The molecule has 0 aliphatic carbocycles. The Balaban J connectivity index is 1.57. The fourth-order valence-corrected chi connectivity index (χ4v) is 6.34. The minimum absolute atomic E-state index is 0.0597. The third-order valence-corrected chi connectivity index (χ3v) is 9.51. The van der Waals surface area contributed by atoms with Crippen LogP contribution in [0.2, 0.25) is 0 Å². The predicted octanol–water partition coefficient (Wildman–Crippen LogP) is 2.28. The lowest BCUT2D eigenvalue weighted by Gasteiger charge is -2.34. The number of nitrogens with two attached hydrogens (primary N) is 1. The van der Waals surface area contributed by atoms with Gasteiger partial charge >= 0.3 is 0 Å². The molecule has 210 valence electrons. The molecule has 1 amide bonds. The summed E-state index contributed by atoms with van der Waals surface area (Å²) in [7, 11) is -1.78. The Hall–Kier alpha value is -2.85.